The van der Waals surface area contributed by atoms with Crippen molar-refractivity contribution in [1.29, 1.82) is 0 Å². The smallest absolute Gasteiger partial charge is 0.266 e. The molecule has 150 valence electrons. The summed E-state index contributed by atoms with van der Waals surface area (Å²) in [5, 5.41) is 8.13. The van der Waals surface area contributed by atoms with E-state index >= 15 is 0 Å². The molecule has 7 nitrogen and oxygen atoms in total. The molecule has 1 amide bonds. The highest BCUT2D eigenvalue weighted by molar-refractivity contribution is 7.15. The molecule has 29 heavy (non-hydrogen) atoms. The number of ether oxygens (including phenoxy) is 1. The normalized spacial score (nSPS) is 11.0. The quantitative estimate of drug-likeness (QED) is 0.606. The van der Waals surface area contributed by atoms with E-state index in [2.05, 4.69) is 15.4 Å². The van der Waals surface area contributed by atoms with Gasteiger partial charge in [0, 0.05) is 18.7 Å². The van der Waals surface area contributed by atoms with E-state index < -0.39 is 0 Å². The maximum absolute atomic E-state index is 12.1. The fourth-order valence-corrected chi connectivity index (χ4v) is 3.61. The Balaban J connectivity index is 1.59. The third kappa shape index (κ3) is 5.39. The van der Waals surface area contributed by atoms with E-state index in [1.165, 1.54) is 16.8 Å². The lowest BCUT2D eigenvalue weighted by Gasteiger charge is -2.07. The van der Waals surface area contributed by atoms with Crippen molar-refractivity contribution in [1.82, 2.24) is 20.1 Å². The van der Waals surface area contributed by atoms with E-state index in [4.69, 9.17) is 4.74 Å². The number of methoxy groups -OCH3 is 1. The van der Waals surface area contributed by atoms with Gasteiger partial charge in [-0.3, -0.25) is 9.59 Å². The number of carbonyl (C=O) groups excluding carboxylic acids is 1. The van der Waals surface area contributed by atoms with Gasteiger partial charge in [0.2, 0.25) is 5.91 Å². The largest absolute Gasteiger partial charge is 0.497 e. The van der Waals surface area contributed by atoms with Crippen molar-refractivity contribution in [2.45, 2.75) is 20.4 Å². The van der Waals surface area contributed by atoms with Crippen LogP contribution in [0.1, 0.15) is 16.3 Å². The van der Waals surface area contributed by atoms with Crippen molar-refractivity contribution in [2.24, 2.45) is 0 Å². The summed E-state index contributed by atoms with van der Waals surface area (Å²) in [5.74, 6) is 0.523. The van der Waals surface area contributed by atoms with Crippen LogP contribution in [-0.4, -0.2) is 34.3 Å². The second-order valence-electron chi connectivity index (χ2n) is 6.32. The molecule has 0 bridgehead atoms. The van der Waals surface area contributed by atoms with Crippen LogP contribution in [0.25, 0.3) is 16.6 Å². The predicted octanol–water partition coefficient (Wildman–Crippen LogP) is 2.82. The summed E-state index contributed by atoms with van der Waals surface area (Å²) in [6, 6.07) is 10.6. The van der Waals surface area contributed by atoms with Gasteiger partial charge in [-0.25, -0.2) is 9.67 Å². The molecule has 0 unspecified atom stereocenters. The molecule has 2 heterocycles. The van der Waals surface area contributed by atoms with Crippen LogP contribution < -0.4 is 15.6 Å². The molecule has 0 aliphatic heterocycles. The molecule has 0 saturated carbocycles. The third-order valence-electron chi connectivity index (χ3n) is 4.17. The number of amides is 1. The minimum Gasteiger partial charge on any atom is -0.497 e. The van der Waals surface area contributed by atoms with Crippen LogP contribution in [-0.2, 0) is 11.3 Å². The monoisotopic (exact) mass is 410 g/mol. The van der Waals surface area contributed by atoms with Gasteiger partial charge < -0.3 is 10.1 Å². The molecule has 0 radical (unpaired) electrons. The minimum atomic E-state index is -0.237. The summed E-state index contributed by atoms with van der Waals surface area (Å²) in [5.41, 5.74) is 2.28. The van der Waals surface area contributed by atoms with Crippen LogP contribution in [0.5, 0.6) is 5.75 Å². The first-order valence-electron chi connectivity index (χ1n) is 9.09. The number of rotatable bonds is 7. The topological polar surface area (TPSA) is 86.1 Å². The lowest BCUT2D eigenvalue weighted by molar-refractivity contribution is -0.116. The highest BCUT2D eigenvalue weighted by Gasteiger charge is 2.10. The average Bonchev–Trinajstić information content (AvgIpc) is 3.06. The van der Waals surface area contributed by atoms with E-state index in [9.17, 15) is 9.59 Å². The maximum Gasteiger partial charge on any atom is 0.266 e. The van der Waals surface area contributed by atoms with Crippen LogP contribution in [0.2, 0.25) is 0 Å². The Bertz CT molecular complexity index is 1080. The number of hydrogen-bond donors (Lipinski definition) is 1. The molecule has 0 fully saturated rings. The average molecular weight is 410 g/mol. The maximum atomic E-state index is 12.1. The molecule has 3 rings (SSSR count). The van der Waals surface area contributed by atoms with Gasteiger partial charge >= 0.3 is 0 Å². The number of aromatic nitrogens is 3. The van der Waals surface area contributed by atoms with Gasteiger partial charge in [-0.15, -0.1) is 11.3 Å². The molecule has 2 aromatic heterocycles. The second kappa shape index (κ2) is 9.29. The number of aryl methyl sites for hydroxylation is 2. The van der Waals surface area contributed by atoms with Crippen LogP contribution in [0.4, 0.5) is 0 Å². The summed E-state index contributed by atoms with van der Waals surface area (Å²) < 4.78 is 6.46. The first-order valence-corrected chi connectivity index (χ1v) is 9.90. The van der Waals surface area contributed by atoms with Crippen LogP contribution in [0.3, 0.4) is 0 Å². The van der Waals surface area contributed by atoms with Gasteiger partial charge in [-0.05, 0) is 43.7 Å². The van der Waals surface area contributed by atoms with E-state index in [-0.39, 0.29) is 18.0 Å². The summed E-state index contributed by atoms with van der Waals surface area (Å²) in [4.78, 5) is 29.4. The molecular weight excluding hydrogens is 388 g/mol. The zero-order chi connectivity index (χ0) is 20.8. The first-order chi connectivity index (χ1) is 14.0. The number of thiazole rings is 1. The standard InChI is InChI=1S/C21H22N4O3S/c1-14-21(29-15(2)23-14)18-9-11-20(27)25(24-18)13-12-22-19(26)10-6-16-4-7-17(28-3)8-5-16/h4-11H,12-13H2,1-3H3,(H,22,26). The highest BCUT2D eigenvalue weighted by atomic mass is 32.1. The Morgan fingerprint density at radius 3 is 2.62 bits per heavy atom. The molecule has 0 atom stereocenters. The van der Waals surface area contributed by atoms with Crippen molar-refractivity contribution in [3.05, 3.63) is 69.1 Å². The number of nitrogens with zero attached hydrogens (tertiary/aromatic N) is 3. The molecule has 0 aliphatic carbocycles. The van der Waals surface area contributed by atoms with Crippen molar-refractivity contribution >= 4 is 23.3 Å². The molecule has 1 aromatic carbocycles. The zero-order valence-electron chi connectivity index (χ0n) is 16.5. The Labute approximate surface area is 172 Å². The lowest BCUT2D eigenvalue weighted by atomic mass is 10.2. The van der Waals surface area contributed by atoms with Crippen molar-refractivity contribution in [3.8, 4) is 16.3 Å². The van der Waals surface area contributed by atoms with Gasteiger partial charge in [0.15, 0.2) is 0 Å². The summed E-state index contributed by atoms with van der Waals surface area (Å²) in [6.45, 7) is 4.44. The fourth-order valence-electron chi connectivity index (χ4n) is 2.73. The van der Waals surface area contributed by atoms with E-state index in [0.717, 1.165) is 26.9 Å². The first kappa shape index (κ1) is 20.5. The second-order valence-corrected chi connectivity index (χ2v) is 7.53. The number of hydrogen-bond acceptors (Lipinski definition) is 6. The van der Waals surface area contributed by atoms with E-state index in [0.29, 0.717) is 12.2 Å². The summed E-state index contributed by atoms with van der Waals surface area (Å²) >= 11 is 1.54. The summed E-state index contributed by atoms with van der Waals surface area (Å²) in [6.07, 6.45) is 3.17. The van der Waals surface area contributed by atoms with Gasteiger partial charge in [0.05, 0.1) is 29.2 Å². The van der Waals surface area contributed by atoms with Gasteiger partial charge in [0.25, 0.3) is 5.56 Å². The molecule has 0 aliphatic rings. The Morgan fingerprint density at radius 1 is 1.21 bits per heavy atom. The van der Waals surface area contributed by atoms with E-state index in [1.807, 2.05) is 38.1 Å². The zero-order valence-corrected chi connectivity index (χ0v) is 17.3. The van der Waals surface area contributed by atoms with Gasteiger partial charge in [-0.2, -0.15) is 5.10 Å². The molecule has 0 spiro atoms. The SMILES string of the molecule is COc1ccc(C=CC(=O)NCCn2nc(-c3sc(C)nc3C)ccc2=O)cc1. The highest BCUT2D eigenvalue weighted by Crippen LogP contribution is 2.27. The molecule has 1 N–H and O–H groups in total. The molecule has 3 aromatic rings. The molecule has 8 heteroatoms. The third-order valence-corrected chi connectivity index (χ3v) is 5.26. The van der Waals surface area contributed by atoms with Crippen molar-refractivity contribution in [3.63, 3.8) is 0 Å². The Morgan fingerprint density at radius 2 is 1.97 bits per heavy atom. The Kier molecular flexibility index (Phi) is 6.56. The number of nitrogens with one attached hydrogen (secondary N) is 1. The lowest BCUT2D eigenvalue weighted by Crippen LogP contribution is -2.31. The fraction of sp³-hybridized carbons (Fsp3) is 0.238. The van der Waals surface area contributed by atoms with Crippen molar-refractivity contribution < 1.29 is 9.53 Å². The molecular formula is C21H22N4O3S. The van der Waals surface area contributed by atoms with Crippen LogP contribution in [0.15, 0.2) is 47.3 Å². The van der Waals surface area contributed by atoms with Crippen LogP contribution in [0, 0.1) is 13.8 Å². The van der Waals surface area contributed by atoms with Gasteiger partial charge in [0.1, 0.15) is 11.4 Å². The predicted molar refractivity (Wildman–Crippen MR) is 114 cm³/mol. The van der Waals surface area contributed by atoms with E-state index in [1.54, 1.807) is 30.6 Å². The Hall–Kier alpha value is -3.26. The minimum absolute atomic E-state index is 0.212. The summed E-state index contributed by atoms with van der Waals surface area (Å²) in [7, 11) is 1.60. The number of benzene rings is 1. The van der Waals surface area contributed by atoms with Crippen molar-refractivity contribution in [2.75, 3.05) is 13.7 Å². The number of carbonyl (C=O) groups is 1. The van der Waals surface area contributed by atoms with Gasteiger partial charge in [-0.1, -0.05) is 12.1 Å². The van der Waals surface area contributed by atoms with Crippen LogP contribution >= 0.6 is 11.3 Å². The molecule has 0 saturated heterocycles.